The molecule has 6 nitrogen and oxygen atoms in total. The van der Waals surface area contributed by atoms with Gasteiger partial charge in [-0.25, -0.2) is 4.98 Å². The molecule has 2 aromatic carbocycles. The maximum Gasteiger partial charge on any atom is 0.452 e. The van der Waals surface area contributed by atoms with Crippen LogP contribution in [0.15, 0.2) is 46.9 Å². The summed E-state index contributed by atoms with van der Waals surface area (Å²) in [4.78, 5) is 39.9. The van der Waals surface area contributed by atoms with E-state index in [0.29, 0.717) is 5.92 Å². The predicted octanol–water partition coefficient (Wildman–Crippen LogP) is 8.58. The van der Waals surface area contributed by atoms with Crippen LogP contribution in [-0.2, 0) is 22.2 Å². The molecule has 0 atom stereocenters. The molecule has 0 unspecified atom stereocenters. The number of carboxylic acids is 1. The van der Waals surface area contributed by atoms with Gasteiger partial charge in [0.25, 0.3) is 0 Å². The van der Waals surface area contributed by atoms with E-state index in [2.05, 4.69) is 4.98 Å². The van der Waals surface area contributed by atoms with Crippen molar-refractivity contribution < 1.29 is 37.1 Å². The molecular weight excluding hydrogens is 582 g/mol. The van der Waals surface area contributed by atoms with Crippen LogP contribution >= 0.6 is 23.2 Å². The van der Waals surface area contributed by atoms with Crippen molar-refractivity contribution in [1.82, 2.24) is 4.98 Å². The number of hydrogen-bond donors (Lipinski definition) is 1. The average Bonchev–Trinajstić information content (AvgIpc) is 3.37. The van der Waals surface area contributed by atoms with E-state index >= 15 is 0 Å². The fraction of sp³-hybridized carbons (Fsp3) is 0.400. The van der Waals surface area contributed by atoms with Crippen molar-refractivity contribution in [2.75, 3.05) is 0 Å². The quantitative estimate of drug-likeness (QED) is 0.219. The van der Waals surface area contributed by atoms with E-state index in [1.54, 1.807) is 0 Å². The number of halogens is 5. The zero-order valence-corrected chi connectivity index (χ0v) is 23.5. The third kappa shape index (κ3) is 8.20. The Morgan fingerprint density at radius 2 is 1.66 bits per heavy atom. The first kappa shape index (κ1) is 30.8. The number of aliphatic carboxylic acids is 1. The highest BCUT2D eigenvalue weighted by molar-refractivity contribution is 6.35. The van der Waals surface area contributed by atoms with Crippen LogP contribution in [0.25, 0.3) is 11.5 Å². The second-order valence-electron chi connectivity index (χ2n) is 10.4. The lowest BCUT2D eigenvalue weighted by molar-refractivity contribution is -0.153. The molecule has 218 valence electrons. The molecule has 4 rings (SSSR count). The number of carbonyl (C=O) groups is 3. The lowest BCUT2D eigenvalue weighted by Gasteiger charge is -2.28. The highest BCUT2D eigenvalue weighted by Crippen LogP contribution is 2.39. The number of oxazole rings is 1. The monoisotopic (exact) mass is 609 g/mol. The number of Topliss-reactive ketones (excluding diaryl/α,β-unsaturated/α-hetero) is 2. The van der Waals surface area contributed by atoms with Gasteiger partial charge in [0.15, 0.2) is 11.5 Å². The first-order valence-electron chi connectivity index (χ1n) is 13.3. The third-order valence-electron chi connectivity index (χ3n) is 7.33. The molecule has 1 aliphatic carbocycles. The topological polar surface area (TPSA) is 97.5 Å². The maximum atomic E-state index is 13.6. The number of benzene rings is 2. The molecule has 1 aromatic heterocycles. The van der Waals surface area contributed by atoms with Crippen molar-refractivity contribution in [3.63, 3.8) is 0 Å². The fourth-order valence-electron chi connectivity index (χ4n) is 5.21. The second kappa shape index (κ2) is 13.2. The number of alkyl halides is 3. The van der Waals surface area contributed by atoms with Crippen molar-refractivity contribution in [3.05, 3.63) is 75.1 Å². The number of rotatable bonds is 11. The zero-order chi connectivity index (χ0) is 29.7. The molecule has 1 heterocycles. The summed E-state index contributed by atoms with van der Waals surface area (Å²) in [6.07, 6.45) is -1.21. The van der Waals surface area contributed by atoms with Gasteiger partial charge in [0.05, 0.1) is 10.6 Å². The van der Waals surface area contributed by atoms with Crippen LogP contribution in [0.3, 0.4) is 0 Å². The molecule has 0 spiro atoms. The van der Waals surface area contributed by atoms with Crippen LogP contribution in [0.4, 0.5) is 13.2 Å². The minimum Gasteiger partial charge on any atom is -0.481 e. The summed E-state index contributed by atoms with van der Waals surface area (Å²) < 4.78 is 45.7. The lowest BCUT2D eigenvalue weighted by Crippen LogP contribution is -2.16. The standard InChI is InChI=1S/C30H28Cl2F3NO5/c31-21-12-13-24(32)23(16-21)29-36-27(28(41-29)30(33,34)35)25(38)3-1-2-22(37)14-17-4-8-19(9-5-17)20-10-6-18(7-11-20)15-26(39)40/h4-5,8-9,12-13,16,18,20H,1-3,6-7,10-11,14-15H2,(H,39,40). The Labute approximate surface area is 244 Å². The smallest absolute Gasteiger partial charge is 0.452 e. The number of hydrogen-bond acceptors (Lipinski definition) is 5. The van der Waals surface area contributed by atoms with Crippen molar-refractivity contribution in [1.29, 1.82) is 0 Å². The van der Waals surface area contributed by atoms with Gasteiger partial charge in [-0.15, -0.1) is 0 Å². The van der Waals surface area contributed by atoms with Crippen molar-refractivity contribution >= 4 is 40.7 Å². The van der Waals surface area contributed by atoms with Gasteiger partial charge in [0.1, 0.15) is 5.78 Å². The molecule has 0 amide bonds. The number of nitrogens with zero attached hydrogens (tertiary/aromatic N) is 1. The highest BCUT2D eigenvalue weighted by atomic mass is 35.5. The molecule has 0 bridgehead atoms. The van der Waals surface area contributed by atoms with Gasteiger partial charge < -0.3 is 9.52 Å². The molecule has 1 N–H and O–H groups in total. The van der Waals surface area contributed by atoms with E-state index in [1.165, 1.54) is 18.2 Å². The van der Waals surface area contributed by atoms with Crippen molar-refractivity contribution in [2.45, 2.75) is 69.9 Å². The minimum atomic E-state index is -4.96. The molecule has 1 saturated carbocycles. The summed E-state index contributed by atoms with van der Waals surface area (Å²) in [5.41, 5.74) is 1.13. The lowest BCUT2D eigenvalue weighted by atomic mass is 9.77. The SMILES string of the molecule is O=C(O)CC1CCC(c2ccc(CC(=O)CCCC(=O)c3nc(-c4cc(Cl)ccc4Cl)oc3C(F)(F)F)cc2)CC1. The Bertz CT molecular complexity index is 1410. The molecule has 0 saturated heterocycles. The molecule has 1 fully saturated rings. The van der Waals surface area contributed by atoms with E-state index in [4.69, 9.17) is 32.7 Å². The van der Waals surface area contributed by atoms with Gasteiger partial charge in [-0.1, -0.05) is 47.5 Å². The Morgan fingerprint density at radius 1 is 0.976 bits per heavy atom. The van der Waals surface area contributed by atoms with Crippen LogP contribution in [-0.4, -0.2) is 27.6 Å². The molecular formula is C30H28Cl2F3NO5. The van der Waals surface area contributed by atoms with Gasteiger partial charge in [-0.3, -0.25) is 14.4 Å². The number of carboxylic acid groups (broad SMARTS) is 1. The summed E-state index contributed by atoms with van der Waals surface area (Å²) in [6.45, 7) is 0. The molecule has 1 aliphatic rings. The minimum absolute atomic E-state index is 0.0211. The van der Waals surface area contributed by atoms with Crippen LogP contribution in [0.1, 0.15) is 84.7 Å². The zero-order valence-electron chi connectivity index (χ0n) is 22.0. The summed E-state index contributed by atoms with van der Waals surface area (Å²) in [5.74, 6) is -3.19. The summed E-state index contributed by atoms with van der Waals surface area (Å²) >= 11 is 12.0. The summed E-state index contributed by atoms with van der Waals surface area (Å²) in [5, 5.41) is 9.25. The van der Waals surface area contributed by atoms with E-state index < -0.39 is 35.3 Å². The Hall–Kier alpha value is -3.17. The second-order valence-corrected chi connectivity index (χ2v) is 11.2. The van der Waals surface area contributed by atoms with E-state index in [1.807, 2.05) is 24.3 Å². The van der Waals surface area contributed by atoms with Crippen molar-refractivity contribution in [3.8, 4) is 11.5 Å². The van der Waals surface area contributed by atoms with Crippen LogP contribution < -0.4 is 0 Å². The van der Waals surface area contributed by atoms with Crippen LogP contribution in [0.5, 0.6) is 0 Å². The Balaban J connectivity index is 1.31. The van der Waals surface area contributed by atoms with E-state index in [-0.39, 0.29) is 59.4 Å². The molecule has 3 aromatic rings. The number of ketones is 2. The van der Waals surface area contributed by atoms with Gasteiger partial charge >= 0.3 is 12.1 Å². The summed E-state index contributed by atoms with van der Waals surface area (Å²) in [6, 6.07) is 11.9. The Morgan fingerprint density at radius 3 is 2.29 bits per heavy atom. The predicted molar refractivity (Wildman–Crippen MR) is 147 cm³/mol. The van der Waals surface area contributed by atoms with Gasteiger partial charge in [-0.2, -0.15) is 13.2 Å². The first-order valence-corrected chi connectivity index (χ1v) is 14.0. The normalized spacial score (nSPS) is 17.4. The highest BCUT2D eigenvalue weighted by Gasteiger charge is 2.41. The van der Waals surface area contributed by atoms with E-state index in [9.17, 15) is 27.6 Å². The third-order valence-corrected chi connectivity index (χ3v) is 7.89. The molecule has 0 aliphatic heterocycles. The average molecular weight is 610 g/mol. The molecule has 0 radical (unpaired) electrons. The largest absolute Gasteiger partial charge is 0.481 e. The Kier molecular flexibility index (Phi) is 9.92. The number of aromatic nitrogens is 1. The van der Waals surface area contributed by atoms with E-state index in [0.717, 1.165) is 36.8 Å². The van der Waals surface area contributed by atoms with Gasteiger partial charge in [-0.05, 0) is 73.3 Å². The molecule has 41 heavy (non-hydrogen) atoms. The fourth-order valence-corrected chi connectivity index (χ4v) is 5.58. The van der Waals surface area contributed by atoms with Crippen LogP contribution in [0, 0.1) is 5.92 Å². The molecule has 11 heteroatoms. The first-order chi connectivity index (χ1) is 19.4. The van der Waals surface area contributed by atoms with Gasteiger partial charge in [0.2, 0.25) is 11.7 Å². The number of carbonyl (C=O) groups excluding carboxylic acids is 2. The van der Waals surface area contributed by atoms with Gasteiger partial charge in [0, 0.05) is 30.7 Å². The van der Waals surface area contributed by atoms with Crippen LogP contribution in [0.2, 0.25) is 10.0 Å². The van der Waals surface area contributed by atoms with Crippen molar-refractivity contribution in [2.24, 2.45) is 5.92 Å². The summed E-state index contributed by atoms with van der Waals surface area (Å²) in [7, 11) is 0. The maximum absolute atomic E-state index is 13.6.